The molecule has 0 atom stereocenters. The third-order valence-corrected chi connectivity index (χ3v) is 5.70. The highest BCUT2D eigenvalue weighted by Crippen LogP contribution is 2.48. The van der Waals surface area contributed by atoms with Crippen LogP contribution in [0.5, 0.6) is 23.0 Å². The largest absolute Gasteiger partial charge is 0.457 e. The molecule has 5 rings (SSSR count). The maximum Gasteiger partial charge on any atom is 0.267 e. The minimum Gasteiger partial charge on any atom is -0.457 e. The van der Waals surface area contributed by atoms with Gasteiger partial charge in [-0.15, -0.1) is 0 Å². The molecule has 0 bridgehead atoms. The normalized spacial score (nSPS) is 13.6. The summed E-state index contributed by atoms with van der Waals surface area (Å²) in [6, 6.07) is 33.9. The summed E-state index contributed by atoms with van der Waals surface area (Å²) in [6.45, 7) is 4.45. The van der Waals surface area contributed by atoms with Crippen molar-refractivity contribution in [3.63, 3.8) is 0 Å². The van der Waals surface area contributed by atoms with Gasteiger partial charge in [-0.25, -0.2) is 0 Å². The van der Waals surface area contributed by atoms with Crippen LogP contribution >= 0.6 is 0 Å². The van der Waals surface area contributed by atoms with Crippen LogP contribution in [0.3, 0.4) is 0 Å². The van der Waals surface area contributed by atoms with Crippen molar-refractivity contribution >= 4 is 0 Å². The topological polar surface area (TPSA) is 27.7 Å². The summed E-state index contributed by atoms with van der Waals surface area (Å²) in [6.07, 6.45) is -0.594. The van der Waals surface area contributed by atoms with Gasteiger partial charge in [-0.05, 0) is 48.5 Å². The third kappa shape index (κ3) is 3.75. The first-order valence-corrected chi connectivity index (χ1v) is 10.5. The van der Waals surface area contributed by atoms with Crippen LogP contribution in [0.15, 0.2) is 103 Å². The van der Waals surface area contributed by atoms with Crippen LogP contribution in [0.4, 0.5) is 0 Å². The zero-order valence-electron chi connectivity index (χ0n) is 17.6. The lowest BCUT2D eigenvalue weighted by Gasteiger charge is -2.35. The van der Waals surface area contributed by atoms with Gasteiger partial charge < -0.3 is 14.2 Å². The van der Waals surface area contributed by atoms with E-state index in [1.807, 2.05) is 84.9 Å². The highest BCUT2D eigenvalue weighted by atomic mass is 16.7. The average Bonchev–Trinajstić information content (AvgIpc) is 2.80. The van der Waals surface area contributed by atoms with Gasteiger partial charge in [0, 0.05) is 22.1 Å². The van der Waals surface area contributed by atoms with E-state index in [9.17, 15) is 0 Å². The van der Waals surface area contributed by atoms with E-state index in [1.165, 1.54) is 5.56 Å². The lowest BCUT2D eigenvalue weighted by molar-refractivity contribution is 0.00369. The van der Waals surface area contributed by atoms with E-state index in [0.717, 1.165) is 34.1 Å². The van der Waals surface area contributed by atoms with Crippen molar-refractivity contribution in [2.75, 3.05) is 0 Å². The number of hydrogen-bond donors (Lipinski definition) is 0. The Morgan fingerprint density at radius 1 is 0.613 bits per heavy atom. The Morgan fingerprint density at radius 3 is 1.81 bits per heavy atom. The van der Waals surface area contributed by atoms with Gasteiger partial charge in [-0.1, -0.05) is 68.4 Å². The fraction of sp³-hybridized carbons (Fsp3) is 0.143. The van der Waals surface area contributed by atoms with Crippen LogP contribution in [0, 0.1) is 0 Å². The second-order valence-corrected chi connectivity index (χ2v) is 8.17. The summed E-state index contributed by atoms with van der Waals surface area (Å²) in [4.78, 5) is 0. The first-order valence-electron chi connectivity index (χ1n) is 10.5. The number of para-hydroxylation sites is 3. The van der Waals surface area contributed by atoms with Gasteiger partial charge in [0.05, 0.1) is 0 Å². The molecule has 1 aliphatic heterocycles. The lowest BCUT2D eigenvalue weighted by atomic mass is 9.75. The van der Waals surface area contributed by atoms with Crippen LogP contribution in [-0.2, 0) is 5.41 Å². The Morgan fingerprint density at radius 2 is 1.16 bits per heavy atom. The number of benzene rings is 4. The molecule has 1 heterocycles. The van der Waals surface area contributed by atoms with E-state index in [-0.39, 0.29) is 5.41 Å². The zero-order chi connectivity index (χ0) is 21.3. The molecule has 0 fully saturated rings. The van der Waals surface area contributed by atoms with Gasteiger partial charge in [0.1, 0.15) is 23.0 Å². The first-order chi connectivity index (χ1) is 15.1. The Labute approximate surface area is 182 Å². The quantitative estimate of drug-likeness (QED) is 0.325. The van der Waals surface area contributed by atoms with Gasteiger partial charge in [0.25, 0.3) is 6.29 Å². The Kier molecular flexibility index (Phi) is 4.87. The summed E-state index contributed by atoms with van der Waals surface area (Å²) in [5, 5.41) is 0. The molecule has 0 aliphatic carbocycles. The summed E-state index contributed by atoms with van der Waals surface area (Å²) in [5.41, 5.74) is 3.01. The van der Waals surface area contributed by atoms with Crippen LogP contribution in [0.2, 0.25) is 0 Å². The second-order valence-electron chi connectivity index (χ2n) is 8.17. The SMILES string of the molecule is CC1(C)c2ccccc2Oc2ccc(C(Oc3ccccc3)Oc3ccccc3)cc21. The number of ether oxygens (including phenoxy) is 3. The monoisotopic (exact) mass is 408 g/mol. The van der Waals surface area contributed by atoms with Crippen molar-refractivity contribution in [2.24, 2.45) is 0 Å². The van der Waals surface area contributed by atoms with Crippen LogP contribution in [0.25, 0.3) is 0 Å². The van der Waals surface area contributed by atoms with Gasteiger partial charge >= 0.3 is 0 Å². The number of hydrogen-bond acceptors (Lipinski definition) is 3. The van der Waals surface area contributed by atoms with Gasteiger partial charge in [0.15, 0.2) is 0 Å². The highest BCUT2D eigenvalue weighted by Gasteiger charge is 2.35. The van der Waals surface area contributed by atoms with E-state index in [0.29, 0.717) is 0 Å². The molecule has 0 saturated heterocycles. The fourth-order valence-corrected chi connectivity index (χ4v) is 4.01. The van der Waals surface area contributed by atoms with Crippen LogP contribution in [-0.4, -0.2) is 0 Å². The molecule has 3 nitrogen and oxygen atoms in total. The molecule has 0 N–H and O–H groups in total. The Bertz CT molecular complexity index is 1140. The van der Waals surface area contributed by atoms with E-state index in [4.69, 9.17) is 14.2 Å². The average molecular weight is 408 g/mol. The summed E-state index contributed by atoms with van der Waals surface area (Å²) < 4.78 is 18.7. The Hall–Kier alpha value is -3.72. The van der Waals surface area contributed by atoms with E-state index < -0.39 is 6.29 Å². The predicted molar refractivity (Wildman–Crippen MR) is 122 cm³/mol. The van der Waals surface area contributed by atoms with Crippen LogP contribution < -0.4 is 14.2 Å². The molecule has 0 aromatic heterocycles. The molecule has 0 spiro atoms. The second kappa shape index (κ2) is 7.84. The molecule has 4 aromatic carbocycles. The summed E-state index contributed by atoms with van der Waals surface area (Å²) in [7, 11) is 0. The maximum absolute atomic E-state index is 6.27. The molecule has 4 aromatic rings. The first kappa shape index (κ1) is 19.3. The molecule has 3 heteroatoms. The maximum atomic E-state index is 6.27. The van der Waals surface area contributed by atoms with Crippen molar-refractivity contribution < 1.29 is 14.2 Å². The molecule has 1 aliphatic rings. The van der Waals surface area contributed by atoms with E-state index in [2.05, 4.69) is 32.0 Å². The van der Waals surface area contributed by atoms with Gasteiger partial charge in [-0.3, -0.25) is 0 Å². The van der Waals surface area contributed by atoms with Crippen molar-refractivity contribution in [3.8, 4) is 23.0 Å². The predicted octanol–water partition coefficient (Wildman–Crippen LogP) is 7.27. The van der Waals surface area contributed by atoms with Gasteiger partial charge in [-0.2, -0.15) is 0 Å². The van der Waals surface area contributed by atoms with Crippen LogP contribution in [0.1, 0.15) is 36.8 Å². The van der Waals surface area contributed by atoms with Gasteiger partial charge in [0.2, 0.25) is 0 Å². The zero-order valence-corrected chi connectivity index (χ0v) is 17.6. The molecule has 0 amide bonds. The fourth-order valence-electron chi connectivity index (χ4n) is 4.01. The molecule has 0 radical (unpaired) electrons. The van der Waals surface area contributed by atoms with E-state index in [1.54, 1.807) is 0 Å². The number of rotatable bonds is 5. The van der Waals surface area contributed by atoms with Crippen molar-refractivity contribution in [1.29, 1.82) is 0 Å². The summed E-state index contributed by atoms with van der Waals surface area (Å²) >= 11 is 0. The lowest BCUT2D eigenvalue weighted by Crippen LogP contribution is -2.25. The minimum atomic E-state index is -0.594. The molecular formula is C28H24O3. The number of fused-ring (bicyclic) bond motifs is 2. The molecular weight excluding hydrogens is 384 g/mol. The van der Waals surface area contributed by atoms with Crippen molar-refractivity contribution in [3.05, 3.63) is 120 Å². The Balaban J connectivity index is 1.54. The minimum absolute atomic E-state index is 0.204. The molecule has 31 heavy (non-hydrogen) atoms. The molecule has 0 saturated carbocycles. The van der Waals surface area contributed by atoms with Crippen molar-refractivity contribution in [1.82, 2.24) is 0 Å². The molecule has 0 unspecified atom stereocenters. The smallest absolute Gasteiger partial charge is 0.267 e. The molecule has 154 valence electrons. The third-order valence-electron chi connectivity index (χ3n) is 5.70. The highest BCUT2D eigenvalue weighted by molar-refractivity contribution is 5.57. The standard InChI is InChI=1S/C28H24O3/c1-28(2)23-15-9-10-16-25(23)31-26-18-17-20(19-24(26)28)27(29-21-11-5-3-6-12-21)30-22-13-7-4-8-14-22/h3-19,27H,1-2H3. The summed E-state index contributed by atoms with van der Waals surface area (Å²) in [5.74, 6) is 3.28. The van der Waals surface area contributed by atoms with E-state index >= 15 is 0 Å². The van der Waals surface area contributed by atoms with Crippen molar-refractivity contribution in [2.45, 2.75) is 25.6 Å².